The van der Waals surface area contributed by atoms with Gasteiger partial charge >= 0.3 is 0 Å². The van der Waals surface area contributed by atoms with Crippen molar-refractivity contribution in [1.29, 1.82) is 0 Å². The highest BCUT2D eigenvalue weighted by atomic mass is 15.1. The molecule has 0 aromatic heterocycles. The summed E-state index contributed by atoms with van der Waals surface area (Å²) in [5, 5.41) is 3.78. The van der Waals surface area contributed by atoms with Crippen molar-refractivity contribution in [2.45, 2.75) is 78.2 Å². The Bertz CT molecular complexity index is 275. The molecule has 2 fully saturated rings. The monoisotopic (exact) mass is 280 g/mol. The van der Waals surface area contributed by atoms with Crippen molar-refractivity contribution in [3.63, 3.8) is 0 Å². The lowest BCUT2D eigenvalue weighted by Gasteiger charge is -2.26. The van der Waals surface area contributed by atoms with Crippen molar-refractivity contribution in [3.8, 4) is 0 Å². The van der Waals surface area contributed by atoms with E-state index in [0.29, 0.717) is 5.41 Å². The first kappa shape index (κ1) is 16.3. The van der Waals surface area contributed by atoms with Crippen molar-refractivity contribution >= 4 is 0 Å². The third-order valence-electron chi connectivity index (χ3n) is 5.56. The number of likely N-dealkylation sites (tertiary alicyclic amines) is 1. The van der Waals surface area contributed by atoms with E-state index in [4.69, 9.17) is 0 Å². The maximum atomic E-state index is 3.78. The van der Waals surface area contributed by atoms with Gasteiger partial charge in [0.25, 0.3) is 0 Å². The number of hydrogen-bond donors (Lipinski definition) is 1. The van der Waals surface area contributed by atoms with Gasteiger partial charge in [0.15, 0.2) is 0 Å². The molecule has 20 heavy (non-hydrogen) atoms. The van der Waals surface area contributed by atoms with Crippen LogP contribution < -0.4 is 5.32 Å². The van der Waals surface area contributed by atoms with Crippen LogP contribution >= 0.6 is 0 Å². The minimum Gasteiger partial charge on any atom is -0.314 e. The summed E-state index contributed by atoms with van der Waals surface area (Å²) in [6, 6.07) is 0.818. The molecule has 2 atom stereocenters. The molecule has 2 nitrogen and oxygen atoms in total. The van der Waals surface area contributed by atoms with E-state index >= 15 is 0 Å². The summed E-state index contributed by atoms with van der Waals surface area (Å²) in [4.78, 5) is 2.74. The summed E-state index contributed by atoms with van der Waals surface area (Å²) in [5.41, 5.74) is 0.577. The van der Waals surface area contributed by atoms with Gasteiger partial charge in [-0.05, 0) is 82.5 Å². The zero-order valence-electron chi connectivity index (χ0n) is 14.1. The van der Waals surface area contributed by atoms with Crippen LogP contribution in [-0.4, -0.2) is 37.1 Å². The lowest BCUT2D eigenvalue weighted by atomic mass is 9.85. The molecule has 1 saturated heterocycles. The lowest BCUT2D eigenvalue weighted by Crippen LogP contribution is -2.35. The topological polar surface area (TPSA) is 15.3 Å². The standard InChI is InChI=1S/C18H36N2/c1-4-12-19-17-8-5-7-16(17)9-14-20-13-6-10-18(2,3)11-15-20/h16-17,19H,4-15H2,1-3H3. The van der Waals surface area contributed by atoms with Crippen LogP contribution in [0.4, 0.5) is 0 Å². The van der Waals surface area contributed by atoms with E-state index in [2.05, 4.69) is 31.0 Å². The highest BCUT2D eigenvalue weighted by molar-refractivity contribution is 4.84. The van der Waals surface area contributed by atoms with Crippen LogP contribution in [0.2, 0.25) is 0 Å². The van der Waals surface area contributed by atoms with E-state index in [9.17, 15) is 0 Å². The fraction of sp³-hybridized carbons (Fsp3) is 1.00. The number of nitrogens with zero attached hydrogens (tertiary/aromatic N) is 1. The van der Waals surface area contributed by atoms with Crippen molar-refractivity contribution in [3.05, 3.63) is 0 Å². The Kier molecular flexibility index (Phi) is 6.35. The van der Waals surface area contributed by atoms with E-state index in [1.165, 1.54) is 77.5 Å². The molecular weight excluding hydrogens is 244 g/mol. The van der Waals surface area contributed by atoms with Crippen LogP contribution in [0.1, 0.15) is 72.1 Å². The Morgan fingerprint density at radius 1 is 1.10 bits per heavy atom. The average molecular weight is 280 g/mol. The summed E-state index contributed by atoms with van der Waals surface area (Å²) >= 11 is 0. The Labute approximate surface area is 126 Å². The molecule has 1 aliphatic heterocycles. The Morgan fingerprint density at radius 3 is 2.75 bits per heavy atom. The summed E-state index contributed by atoms with van der Waals surface area (Å²) in [6.07, 6.45) is 11.2. The lowest BCUT2D eigenvalue weighted by molar-refractivity contribution is 0.236. The van der Waals surface area contributed by atoms with Crippen LogP contribution in [0, 0.1) is 11.3 Å². The molecule has 0 amide bonds. The van der Waals surface area contributed by atoms with E-state index in [1.54, 1.807) is 0 Å². The summed E-state index contributed by atoms with van der Waals surface area (Å²) in [6.45, 7) is 12.4. The molecule has 118 valence electrons. The fourth-order valence-corrected chi connectivity index (χ4v) is 4.03. The molecule has 1 heterocycles. The van der Waals surface area contributed by atoms with Gasteiger partial charge in [0.05, 0.1) is 0 Å². The molecule has 1 aliphatic carbocycles. The van der Waals surface area contributed by atoms with Gasteiger partial charge in [-0.1, -0.05) is 27.2 Å². The molecule has 1 N–H and O–H groups in total. The molecule has 2 rings (SSSR count). The molecule has 0 bridgehead atoms. The van der Waals surface area contributed by atoms with Crippen molar-refractivity contribution in [1.82, 2.24) is 10.2 Å². The molecule has 0 aromatic rings. The highest BCUT2D eigenvalue weighted by Gasteiger charge is 2.28. The Morgan fingerprint density at radius 2 is 1.95 bits per heavy atom. The number of rotatable bonds is 6. The van der Waals surface area contributed by atoms with Crippen molar-refractivity contribution in [2.75, 3.05) is 26.2 Å². The molecule has 0 aromatic carbocycles. The fourth-order valence-electron chi connectivity index (χ4n) is 4.03. The summed E-state index contributed by atoms with van der Waals surface area (Å²) in [7, 11) is 0. The largest absolute Gasteiger partial charge is 0.314 e. The zero-order valence-corrected chi connectivity index (χ0v) is 14.1. The highest BCUT2D eigenvalue weighted by Crippen LogP contribution is 2.31. The van der Waals surface area contributed by atoms with Gasteiger partial charge in [0, 0.05) is 6.04 Å². The summed E-state index contributed by atoms with van der Waals surface area (Å²) in [5.74, 6) is 0.942. The van der Waals surface area contributed by atoms with Gasteiger partial charge in [0.1, 0.15) is 0 Å². The summed E-state index contributed by atoms with van der Waals surface area (Å²) < 4.78 is 0. The normalized spacial score (nSPS) is 31.4. The van der Waals surface area contributed by atoms with Crippen molar-refractivity contribution < 1.29 is 0 Å². The van der Waals surface area contributed by atoms with Crippen LogP contribution in [-0.2, 0) is 0 Å². The maximum Gasteiger partial charge on any atom is 0.00958 e. The molecule has 0 spiro atoms. The van der Waals surface area contributed by atoms with Crippen LogP contribution in [0.25, 0.3) is 0 Å². The molecule has 0 radical (unpaired) electrons. The van der Waals surface area contributed by atoms with Gasteiger partial charge in [-0.15, -0.1) is 0 Å². The number of nitrogens with one attached hydrogen (secondary N) is 1. The minimum atomic E-state index is 0.577. The predicted molar refractivity (Wildman–Crippen MR) is 88.1 cm³/mol. The van der Waals surface area contributed by atoms with Crippen LogP contribution in [0.3, 0.4) is 0 Å². The van der Waals surface area contributed by atoms with Crippen LogP contribution in [0.15, 0.2) is 0 Å². The second-order valence-corrected chi connectivity index (χ2v) is 7.90. The van der Waals surface area contributed by atoms with Gasteiger partial charge in [0.2, 0.25) is 0 Å². The van der Waals surface area contributed by atoms with Crippen LogP contribution in [0.5, 0.6) is 0 Å². The van der Waals surface area contributed by atoms with E-state index in [1.807, 2.05) is 0 Å². The smallest absolute Gasteiger partial charge is 0.00958 e. The Balaban J connectivity index is 1.71. The van der Waals surface area contributed by atoms with Crippen molar-refractivity contribution in [2.24, 2.45) is 11.3 Å². The third kappa shape index (κ3) is 5.04. The van der Waals surface area contributed by atoms with Gasteiger partial charge in [-0.2, -0.15) is 0 Å². The Hall–Kier alpha value is -0.0800. The first-order valence-electron chi connectivity index (χ1n) is 9.06. The molecule has 2 heteroatoms. The molecule has 2 aliphatic rings. The van der Waals surface area contributed by atoms with Gasteiger partial charge in [-0.3, -0.25) is 0 Å². The van der Waals surface area contributed by atoms with E-state index in [-0.39, 0.29) is 0 Å². The maximum absolute atomic E-state index is 3.78. The molecule has 1 saturated carbocycles. The first-order chi connectivity index (χ1) is 9.61. The van der Waals surface area contributed by atoms with E-state index in [0.717, 1.165) is 12.0 Å². The zero-order chi connectivity index (χ0) is 14.4. The van der Waals surface area contributed by atoms with E-state index < -0.39 is 0 Å². The second-order valence-electron chi connectivity index (χ2n) is 7.90. The average Bonchev–Trinajstić information content (AvgIpc) is 2.78. The second kappa shape index (κ2) is 7.79. The van der Waals surface area contributed by atoms with Gasteiger partial charge < -0.3 is 10.2 Å². The molecule has 2 unspecified atom stereocenters. The first-order valence-corrected chi connectivity index (χ1v) is 9.06. The third-order valence-corrected chi connectivity index (χ3v) is 5.56. The predicted octanol–water partition coefficient (Wildman–Crippen LogP) is 4.06. The SMILES string of the molecule is CCCNC1CCCC1CCN1CCCC(C)(C)CC1. The number of hydrogen-bond acceptors (Lipinski definition) is 2. The van der Waals surface area contributed by atoms with Gasteiger partial charge in [-0.25, -0.2) is 0 Å². The molecular formula is C18H36N2. The minimum absolute atomic E-state index is 0.577. The quantitative estimate of drug-likeness (QED) is 0.789.